The number of piperidine rings is 3. The molecule has 1 aromatic heterocycles. The van der Waals surface area contributed by atoms with Gasteiger partial charge in [0.1, 0.15) is 0 Å². The second-order valence-corrected chi connectivity index (χ2v) is 7.75. The number of fused-ring (bicyclic) bond motifs is 4. The molecular weight excluding hydrogens is 290 g/mol. The van der Waals surface area contributed by atoms with Crippen LogP contribution in [0.25, 0.3) is 0 Å². The second kappa shape index (κ2) is 5.07. The molecule has 3 saturated heterocycles. The van der Waals surface area contributed by atoms with Crippen molar-refractivity contribution in [1.82, 2.24) is 9.47 Å². The molecule has 3 nitrogen and oxygen atoms in total. The maximum atomic E-state index is 2.70. The molecule has 2 aromatic rings. The van der Waals surface area contributed by atoms with E-state index in [0.717, 1.165) is 5.92 Å². The molecule has 114 valence electrons. The summed E-state index contributed by atoms with van der Waals surface area (Å²) in [4.78, 5) is 6.79. The molecule has 6 rings (SSSR count). The standard InChI is InChI=1S/C18H21N3S/c1-2-6-17-15(5-1)21(18(22-17)20-9-3-4-10-20)16-13-19-11-7-14(16)8-12-19/h1-6,9-10,14,16,18H,7-8,11-13H2/t16-,18?/m0/s1. The summed E-state index contributed by atoms with van der Waals surface area (Å²) in [7, 11) is 0. The van der Waals surface area contributed by atoms with Gasteiger partial charge in [-0.25, -0.2) is 0 Å². The molecule has 4 heteroatoms. The maximum absolute atomic E-state index is 2.70. The zero-order valence-corrected chi connectivity index (χ0v) is 13.5. The van der Waals surface area contributed by atoms with Crippen LogP contribution in [0.1, 0.15) is 18.3 Å². The van der Waals surface area contributed by atoms with Gasteiger partial charge in [0.2, 0.25) is 0 Å². The summed E-state index contributed by atoms with van der Waals surface area (Å²) in [5, 5.41) is 0. The van der Waals surface area contributed by atoms with Gasteiger partial charge in [0.15, 0.2) is 5.50 Å². The van der Waals surface area contributed by atoms with Crippen molar-refractivity contribution in [2.75, 3.05) is 24.5 Å². The maximum Gasteiger partial charge on any atom is 0.159 e. The molecular formula is C18H21N3S. The van der Waals surface area contributed by atoms with Gasteiger partial charge < -0.3 is 14.4 Å². The molecule has 0 spiro atoms. The third-order valence-corrected chi connectivity index (χ3v) is 6.76. The van der Waals surface area contributed by atoms with Gasteiger partial charge in [-0.3, -0.25) is 0 Å². The number of rotatable bonds is 2. The molecule has 1 unspecified atom stereocenters. The fourth-order valence-electron chi connectivity index (χ4n) is 4.35. The first-order valence-corrected chi connectivity index (χ1v) is 9.17. The summed E-state index contributed by atoms with van der Waals surface area (Å²) in [6, 6.07) is 13.9. The van der Waals surface area contributed by atoms with E-state index in [1.807, 2.05) is 11.8 Å². The zero-order valence-electron chi connectivity index (χ0n) is 12.6. The molecule has 0 radical (unpaired) electrons. The summed E-state index contributed by atoms with van der Waals surface area (Å²) < 4.78 is 2.36. The van der Waals surface area contributed by atoms with Gasteiger partial charge in [-0.05, 0) is 56.1 Å². The van der Waals surface area contributed by atoms with Crippen molar-refractivity contribution in [1.29, 1.82) is 0 Å². The highest BCUT2D eigenvalue weighted by atomic mass is 32.2. The number of hydrogen-bond donors (Lipinski definition) is 0. The number of aromatic nitrogens is 1. The van der Waals surface area contributed by atoms with Crippen molar-refractivity contribution in [2.45, 2.75) is 29.3 Å². The molecule has 0 aliphatic carbocycles. The van der Waals surface area contributed by atoms with Crippen LogP contribution in [0.5, 0.6) is 0 Å². The van der Waals surface area contributed by atoms with E-state index in [0.29, 0.717) is 11.5 Å². The van der Waals surface area contributed by atoms with Gasteiger partial charge >= 0.3 is 0 Å². The van der Waals surface area contributed by atoms with Gasteiger partial charge in [0, 0.05) is 29.9 Å². The SMILES string of the molecule is c1ccc2c(c1)SC(n1cccc1)N2[C@H]1CN2CCC1CC2. The molecule has 0 amide bonds. The summed E-state index contributed by atoms with van der Waals surface area (Å²) in [6.45, 7) is 3.84. The minimum absolute atomic E-state index is 0.373. The van der Waals surface area contributed by atoms with Gasteiger partial charge in [-0.1, -0.05) is 23.9 Å². The Morgan fingerprint density at radius 2 is 1.73 bits per heavy atom. The normalized spacial score (nSPS) is 33.2. The Kier molecular flexibility index (Phi) is 3.01. The van der Waals surface area contributed by atoms with Crippen LogP contribution in [0.15, 0.2) is 53.7 Å². The summed E-state index contributed by atoms with van der Waals surface area (Å²) in [5.41, 5.74) is 1.81. The lowest BCUT2D eigenvalue weighted by Crippen LogP contribution is -2.57. The molecule has 2 bridgehead atoms. The second-order valence-electron chi connectivity index (χ2n) is 6.65. The van der Waals surface area contributed by atoms with Crippen LogP contribution in [0.3, 0.4) is 0 Å². The minimum atomic E-state index is 0.373. The minimum Gasteiger partial charge on any atom is -0.337 e. The van der Waals surface area contributed by atoms with Crippen LogP contribution in [-0.2, 0) is 0 Å². The lowest BCUT2D eigenvalue weighted by molar-refractivity contribution is 0.0825. The predicted octanol–water partition coefficient (Wildman–Crippen LogP) is 3.65. The fourth-order valence-corrected chi connectivity index (χ4v) is 5.67. The van der Waals surface area contributed by atoms with E-state index in [9.17, 15) is 0 Å². The van der Waals surface area contributed by atoms with Crippen LogP contribution >= 0.6 is 11.8 Å². The Hall–Kier alpha value is -1.39. The van der Waals surface area contributed by atoms with E-state index in [1.54, 1.807) is 0 Å². The van der Waals surface area contributed by atoms with Crippen molar-refractivity contribution >= 4 is 17.4 Å². The van der Waals surface area contributed by atoms with E-state index >= 15 is 0 Å². The van der Waals surface area contributed by atoms with Gasteiger partial charge in [0.25, 0.3) is 0 Å². The Bertz CT molecular complexity index is 661. The highest BCUT2D eigenvalue weighted by Gasteiger charge is 2.43. The van der Waals surface area contributed by atoms with Crippen molar-refractivity contribution < 1.29 is 0 Å². The van der Waals surface area contributed by atoms with E-state index in [4.69, 9.17) is 0 Å². The quantitative estimate of drug-likeness (QED) is 0.839. The Balaban J connectivity index is 1.57. The first-order chi connectivity index (χ1) is 10.9. The van der Waals surface area contributed by atoms with E-state index in [-0.39, 0.29) is 0 Å². The molecule has 4 aliphatic rings. The molecule has 22 heavy (non-hydrogen) atoms. The van der Waals surface area contributed by atoms with Crippen molar-refractivity contribution in [3.63, 3.8) is 0 Å². The average Bonchev–Trinajstić information content (AvgIpc) is 3.23. The summed E-state index contributed by atoms with van der Waals surface area (Å²) >= 11 is 1.99. The molecule has 4 aliphatic heterocycles. The molecule has 0 saturated carbocycles. The number of para-hydroxylation sites is 1. The predicted molar refractivity (Wildman–Crippen MR) is 91.2 cm³/mol. The first-order valence-electron chi connectivity index (χ1n) is 8.29. The highest BCUT2D eigenvalue weighted by Crippen LogP contribution is 2.52. The number of nitrogens with zero attached hydrogens (tertiary/aromatic N) is 3. The average molecular weight is 311 g/mol. The van der Waals surface area contributed by atoms with Gasteiger partial charge in [-0.15, -0.1) is 0 Å². The third-order valence-electron chi connectivity index (χ3n) is 5.48. The Labute approximate surface area is 135 Å². The molecule has 0 N–H and O–H groups in total. The third kappa shape index (κ3) is 1.94. The zero-order chi connectivity index (χ0) is 14.5. The summed E-state index contributed by atoms with van der Waals surface area (Å²) in [5.74, 6) is 0.856. The number of thioether (sulfide) groups is 1. The number of hydrogen-bond acceptors (Lipinski definition) is 3. The lowest BCUT2D eigenvalue weighted by atomic mass is 9.83. The monoisotopic (exact) mass is 311 g/mol. The molecule has 3 fully saturated rings. The van der Waals surface area contributed by atoms with Crippen LogP contribution < -0.4 is 4.90 Å². The number of anilines is 1. The highest BCUT2D eigenvalue weighted by molar-refractivity contribution is 8.00. The van der Waals surface area contributed by atoms with Crippen LogP contribution in [0, 0.1) is 5.92 Å². The fraction of sp³-hybridized carbons (Fsp3) is 0.444. The van der Waals surface area contributed by atoms with Crippen LogP contribution in [-0.4, -0.2) is 35.1 Å². The van der Waals surface area contributed by atoms with E-state index < -0.39 is 0 Å². The lowest BCUT2D eigenvalue weighted by Gasteiger charge is -2.50. The smallest absolute Gasteiger partial charge is 0.159 e. The Morgan fingerprint density at radius 1 is 0.955 bits per heavy atom. The Morgan fingerprint density at radius 3 is 2.45 bits per heavy atom. The molecule has 2 atom stereocenters. The summed E-state index contributed by atoms with van der Waals surface area (Å²) in [6.07, 6.45) is 7.15. The van der Waals surface area contributed by atoms with Crippen molar-refractivity contribution in [2.24, 2.45) is 5.92 Å². The van der Waals surface area contributed by atoms with Gasteiger partial charge in [0.05, 0.1) is 5.69 Å². The topological polar surface area (TPSA) is 11.4 Å². The van der Waals surface area contributed by atoms with E-state index in [1.165, 1.54) is 43.1 Å². The first kappa shape index (κ1) is 13.1. The largest absolute Gasteiger partial charge is 0.337 e. The van der Waals surface area contributed by atoms with Crippen LogP contribution in [0.4, 0.5) is 5.69 Å². The van der Waals surface area contributed by atoms with Gasteiger partial charge in [-0.2, -0.15) is 0 Å². The number of benzene rings is 1. The van der Waals surface area contributed by atoms with Crippen LogP contribution in [0.2, 0.25) is 0 Å². The molecule has 1 aromatic carbocycles. The van der Waals surface area contributed by atoms with Crippen molar-refractivity contribution in [3.8, 4) is 0 Å². The van der Waals surface area contributed by atoms with Crippen molar-refractivity contribution in [3.05, 3.63) is 48.8 Å². The van der Waals surface area contributed by atoms with E-state index in [2.05, 4.69) is 63.2 Å². The molecule has 5 heterocycles.